The maximum absolute atomic E-state index is 13.3. The number of carbonyl (C=O) groups excluding carboxylic acids is 2. The molecular weight excluding hydrogens is 1060 g/mol. The Kier molecular flexibility index (Phi) is 36.9. The molecule has 3 rings (SSSR count). The van der Waals surface area contributed by atoms with Crippen LogP contribution in [0.3, 0.4) is 0 Å². The van der Waals surface area contributed by atoms with Gasteiger partial charge in [0.2, 0.25) is 11.8 Å². The molecule has 14 N–H and O–H groups in total. The van der Waals surface area contributed by atoms with Crippen molar-refractivity contribution in [3.8, 4) is 0 Å². The minimum Gasteiger partial charge on any atom is -0.477 e. The molecule has 18 atom stereocenters. The monoisotopic (exact) mass is 1170 g/mol. The number of aliphatic hydroxyl groups is 11. The van der Waals surface area contributed by atoms with Gasteiger partial charge in [0.15, 0.2) is 12.6 Å². The van der Waals surface area contributed by atoms with E-state index in [1.807, 2.05) is 0 Å². The summed E-state index contributed by atoms with van der Waals surface area (Å²) in [6.45, 7) is 2.17. The molecule has 0 aromatic carbocycles. The van der Waals surface area contributed by atoms with Gasteiger partial charge in [0.05, 0.1) is 50.7 Å². The van der Waals surface area contributed by atoms with E-state index in [2.05, 4.69) is 24.5 Å². The standard InChI is InChI=1S/C58H108N2O21/c1-4-6-8-10-12-14-16-17-18-19-20-22-23-25-27-29-31-40(65)39(60-45(68)32-30-28-26-24-21-15-13-11-9-7-5-2)37-76-55-50(72)49(71)52(44(36-63)78-55)79-56-51(73)54(48(70)43(35-62)77-56)81-58(57(74)75)33-41(66)46(59-38(3)64)53(80-58)47(69)42(67)34-61/h39-44,46-56,61-63,65-67,69-73H,4-37H2,1-3H3,(H,59,64)(H,60,68)(H,74,75). The fourth-order valence-electron chi connectivity index (χ4n) is 11.1. The van der Waals surface area contributed by atoms with Crippen LogP contribution in [-0.2, 0) is 42.8 Å². The van der Waals surface area contributed by atoms with E-state index in [1.54, 1.807) is 0 Å². The predicted molar refractivity (Wildman–Crippen MR) is 297 cm³/mol. The first-order chi connectivity index (χ1) is 38.9. The average molecular weight is 1170 g/mol. The molecule has 476 valence electrons. The largest absolute Gasteiger partial charge is 0.477 e. The molecule has 81 heavy (non-hydrogen) atoms. The highest BCUT2D eigenvalue weighted by atomic mass is 16.8. The summed E-state index contributed by atoms with van der Waals surface area (Å²) in [5.41, 5.74) is 0. The van der Waals surface area contributed by atoms with Gasteiger partial charge < -0.3 is 100 Å². The molecule has 3 saturated heterocycles. The van der Waals surface area contributed by atoms with Crippen molar-refractivity contribution in [2.45, 2.75) is 323 Å². The molecule has 0 spiro atoms. The molecule has 0 radical (unpaired) electrons. The fourth-order valence-corrected chi connectivity index (χ4v) is 11.1. The van der Waals surface area contributed by atoms with Crippen LogP contribution >= 0.6 is 0 Å². The molecule has 23 nitrogen and oxygen atoms in total. The minimum absolute atomic E-state index is 0.227. The maximum Gasteiger partial charge on any atom is 0.364 e. The predicted octanol–water partition coefficient (Wildman–Crippen LogP) is 3.00. The van der Waals surface area contributed by atoms with E-state index in [9.17, 15) is 75.7 Å². The Balaban J connectivity index is 1.65. The number of ether oxygens (including phenoxy) is 6. The minimum atomic E-state index is -3.07. The third-order valence-corrected chi connectivity index (χ3v) is 16.1. The van der Waals surface area contributed by atoms with E-state index in [0.717, 1.165) is 58.3 Å². The van der Waals surface area contributed by atoms with Crippen molar-refractivity contribution in [2.75, 3.05) is 26.4 Å². The number of hydrogen-bond donors (Lipinski definition) is 14. The van der Waals surface area contributed by atoms with Crippen LogP contribution in [0.1, 0.15) is 213 Å². The highest BCUT2D eigenvalue weighted by Gasteiger charge is 2.60. The number of aliphatic carboxylic acids is 1. The van der Waals surface area contributed by atoms with Gasteiger partial charge in [0.25, 0.3) is 5.79 Å². The van der Waals surface area contributed by atoms with Crippen LogP contribution in [0.5, 0.6) is 0 Å². The Morgan fingerprint density at radius 2 is 1.07 bits per heavy atom. The number of unbranched alkanes of at least 4 members (excludes halogenated alkanes) is 25. The third-order valence-electron chi connectivity index (χ3n) is 16.1. The van der Waals surface area contributed by atoms with Crippen molar-refractivity contribution in [3.63, 3.8) is 0 Å². The van der Waals surface area contributed by atoms with Crippen molar-refractivity contribution in [1.82, 2.24) is 10.6 Å². The fraction of sp³-hybridized carbons (Fsp3) is 0.948. The molecular formula is C58H108N2O21. The lowest BCUT2D eigenvalue weighted by Gasteiger charge is -2.50. The molecule has 3 aliphatic rings. The number of carbonyl (C=O) groups is 3. The van der Waals surface area contributed by atoms with Crippen molar-refractivity contribution < 1.29 is 104 Å². The van der Waals surface area contributed by atoms with Gasteiger partial charge in [-0.25, -0.2) is 4.79 Å². The summed E-state index contributed by atoms with van der Waals surface area (Å²) < 4.78 is 34.7. The van der Waals surface area contributed by atoms with Crippen LogP contribution in [0.4, 0.5) is 0 Å². The molecule has 0 aromatic heterocycles. The van der Waals surface area contributed by atoms with Crippen molar-refractivity contribution in [2.24, 2.45) is 0 Å². The van der Waals surface area contributed by atoms with E-state index < -0.39 is 148 Å². The number of amides is 2. The SMILES string of the molecule is CCCCCCCCCCCCCCCCCCC(O)C(COC1OC(CO)C(OC2OC(CO)C(O)C(OC3(C(=O)O)CC(O)C(NC(C)=O)C(C(O)C(O)CO)O3)C2O)C(O)C1O)NC(=O)CCCCCCCCCCCCC. The first-order valence-electron chi connectivity index (χ1n) is 30.9. The number of nitrogens with one attached hydrogen (secondary N) is 2. The zero-order valence-electron chi connectivity index (χ0n) is 48.9. The number of hydrogen-bond acceptors (Lipinski definition) is 20. The molecule has 18 unspecified atom stereocenters. The maximum atomic E-state index is 13.3. The normalized spacial score (nSPS) is 30.4. The lowest BCUT2D eigenvalue weighted by atomic mass is 9.88. The van der Waals surface area contributed by atoms with E-state index in [-0.39, 0.29) is 18.9 Å². The van der Waals surface area contributed by atoms with E-state index >= 15 is 0 Å². The Bertz CT molecular complexity index is 1670. The summed E-state index contributed by atoms with van der Waals surface area (Å²) in [5, 5.41) is 136. The first-order valence-corrected chi connectivity index (χ1v) is 30.9. The Hall–Kier alpha value is -2.27. The Morgan fingerprint density at radius 3 is 1.54 bits per heavy atom. The number of rotatable bonds is 45. The van der Waals surface area contributed by atoms with Crippen molar-refractivity contribution in [1.29, 1.82) is 0 Å². The summed E-state index contributed by atoms with van der Waals surface area (Å²) in [7, 11) is 0. The Labute approximate surface area is 480 Å². The van der Waals surface area contributed by atoms with Crippen LogP contribution in [0.2, 0.25) is 0 Å². The number of carboxylic acids is 1. The van der Waals surface area contributed by atoms with E-state index in [1.165, 1.54) is 109 Å². The van der Waals surface area contributed by atoms with Crippen LogP contribution in [0.25, 0.3) is 0 Å². The molecule has 23 heteroatoms. The molecule has 0 saturated carbocycles. The van der Waals surface area contributed by atoms with Gasteiger partial charge in [-0.3, -0.25) is 9.59 Å². The third kappa shape index (κ3) is 25.3. The van der Waals surface area contributed by atoms with Crippen LogP contribution in [0, 0.1) is 0 Å². The smallest absolute Gasteiger partial charge is 0.364 e. The zero-order valence-corrected chi connectivity index (χ0v) is 48.9. The number of aliphatic hydroxyl groups excluding tert-OH is 11. The molecule has 3 aliphatic heterocycles. The van der Waals surface area contributed by atoms with Crippen LogP contribution in [0.15, 0.2) is 0 Å². The van der Waals surface area contributed by atoms with Gasteiger partial charge in [-0.15, -0.1) is 0 Å². The summed E-state index contributed by atoms with van der Waals surface area (Å²) in [6, 6.07) is -2.52. The van der Waals surface area contributed by atoms with Gasteiger partial charge in [0.1, 0.15) is 67.1 Å². The quantitative estimate of drug-likeness (QED) is 0.0390. The zero-order chi connectivity index (χ0) is 59.7. The lowest BCUT2D eigenvalue weighted by molar-refractivity contribution is -0.386. The van der Waals surface area contributed by atoms with E-state index in [4.69, 9.17) is 28.4 Å². The van der Waals surface area contributed by atoms with Gasteiger partial charge >= 0.3 is 5.97 Å². The highest BCUT2D eigenvalue weighted by molar-refractivity contribution is 5.77. The van der Waals surface area contributed by atoms with Crippen LogP contribution in [-0.4, -0.2) is 215 Å². The highest BCUT2D eigenvalue weighted by Crippen LogP contribution is 2.38. The average Bonchev–Trinajstić information content (AvgIpc) is 3.61. The molecule has 0 aromatic rings. The van der Waals surface area contributed by atoms with E-state index in [0.29, 0.717) is 19.3 Å². The number of carboxylic acid groups (broad SMARTS) is 1. The second kappa shape index (κ2) is 40.9. The van der Waals surface area contributed by atoms with Crippen molar-refractivity contribution >= 4 is 17.8 Å². The van der Waals surface area contributed by atoms with Crippen molar-refractivity contribution in [3.05, 3.63) is 0 Å². The Morgan fingerprint density at radius 1 is 0.593 bits per heavy atom. The second-order valence-electron chi connectivity index (χ2n) is 22.9. The van der Waals surface area contributed by atoms with Gasteiger partial charge in [0, 0.05) is 19.8 Å². The molecule has 3 heterocycles. The van der Waals surface area contributed by atoms with Gasteiger partial charge in [-0.05, 0) is 12.8 Å². The van der Waals surface area contributed by atoms with Crippen LogP contribution < -0.4 is 10.6 Å². The second-order valence-corrected chi connectivity index (χ2v) is 22.9. The summed E-state index contributed by atoms with van der Waals surface area (Å²) in [5.74, 6) is -6.10. The summed E-state index contributed by atoms with van der Waals surface area (Å²) >= 11 is 0. The lowest BCUT2D eigenvalue weighted by Crippen LogP contribution is -2.70. The van der Waals surface area contributed by atoms with Gasteiger partial charge in [-0.2, -0.15) is 0 Å². The topological polar surface area (TPSA) is 373 Å². The summed E-state index contributed by atoms with van der Waals surface area (Å²) in [6.07, 6.45) is 2.75. The molecule has 0 bridgehead atoms. The molecule has 3 fully saturated rings. The summed E-state index contributed by atoms with van der Waals surface area (Å²) in [4.78, 5) is 38.4. The van der Waals surface area contributed by atoms with Gasteiger partial charge in [-0.1, -0.05) is 181 Å². The molecule has 2 amide bonds. The first kappa shape index (κ1) is 73.0. The molecule has 0 aliphatic carbocycles.